The second kappa shape index (κ2) is 7.54. The summed E-state index contributed by atoms with van der Waals surface area (Å²) < 4.78 is 5.06. The van der Waals surface area contributed by atoms with Gasteiger partial charge in [0.1, 0.15) is 0 Å². The maximum atomic E-state index is 12.0. The van der Waals surface area contributed by atoms with E-state index in [4.69, 9.17) is 4.74 Å². The first kappa shape index (κ1) is 18.3. The van der Waals surface area contributed by atoms with Gasteiger partial charge in [-0.2, -0.15) is 0 Å². The molecule has 2 atom stereocenters. The summed E-state index contributed by atoms with van der Waals surface area (Å²) in [5.41, 5.74) is 2.70. The van der Waals surface area contributed by atoms with Crippen LogP contribution in [-0.4, -0.2) is 46.9 Å². The third kappa shape index (κ3) is 3.54. The van der Waals surface area contributed by atoms with Crippen molar-refractivity contribution in [2.24, 2.45) is 0 Å². The number of hydrogen-bond acceptors (Lipinski definition) is 3. The Labute approximate surface area is 164 Å². The number of rotatable bonds is 3. The van der Waals surface area contributed by atoms with Crippen molar-refractivity contribution in [1.82, 2.24) is 10.2 Å². The molecule has 2 fully saturated rings. The molecule has 2 aromatic carbocycles. The number of nitrogens with zero attached hydrogens (tertiary/aromatic N) is 1. The number of carboxylic acid groups (broad SMARTS) is 1. The van der Waals surface area contributed by atoms with Crippen LogP contribution >= 0.6 is 0 Å². The maximum absolute atomic E-state index is 12.0. The first-order chi connectivity index (χ1) is 13.6. The van der Waals surface area contributed by atoms with Crippen molar-refractivity contribution in [2.75, 3.05) is 13.2 Å². The molecule has 6 nitrogen and oxygen atoms in total. The lowest BCUT2D eigenvalue weighted by atomic mass is 9.75. The third-order valence-electron chi connectivity index (χ3n) is 5.88. The molecule has 0 bridgehead atoms. The number of alkyl carbamates (subject to hydrolysis) is 1. The first-order valence-electron chi connectivity index (χ1n) is 9.66. The Morgan fingerprint density at radius 3 is 2.68 bits per heavy atom. The lowest BCUT2D eigenvalue weighted by Gasteiger charge is -2.50. The molecule has 0 saturated carbocycles. The van der Waals surface area contributed by atoms with Gasteiger partial charge in [-0.25, -0.2) is 9.59 Å². The fourth-order valence-corrected chi connectivity index (χ4v) is 4.52. The standard InChI is InChI=1S/C22H24N2O4/c25-20-23-22(11-13-28-20)10-5-12-24(21(26)27)19(22)15-16-6-4-9-18(14-16)17-7-2-1-3-8-17/h1-4,6-9,14,19H,5,10-13,15H2,(H,23,25)(H,26,27)/t19-,22+/m1/s1. The Morgan fingerprint density at radius 2 is 1.93 bits per heavy atom. The fourth-order valence-electron chi connectivity index (χ4n) is 4.52. The number of ether oxygens (including phenoxy) is 1. The van der Waals surface area contributed by atoms with E-state index in [2.05, 4.69) is 29.6 Å². The van der Waals surface area contributed by atoms with Gasteiger partial charge in [0.15, 0.2) is 0 Å². The highest BCUT2D eigenvalue weighted by atomic mass is 16.6. The number of amides is 2. The summed E-state index contributed by atoms with van der Waals surface area (Å²) in [6.45, 7) is 0.802. The maximum Gasteiger partial charge on any atom is 0.407 e. The van der Waals surface area contributed by atoms with E-state index < -0.39 is 17.7 Å². The lowest BCUT2D eigenvalue weighted by molar-refractivity contribution is 0.00715. The summed E-state index contributed by atoms with van der Waals surface area (Å²) in [6, 6.07) is 18.0. The van der Waals surface area contributed by atoms with E-state index in [0.29, 0.717) is 26.0 Å². The van der Waals surface area contributed by atoms with Crippen molar-refractivity contribution < 1.29 is 19.4 Å². The highest BCUT2D eigenvalue weighted by molar-refractivity contribution is 5.71. The van der Waals surface area contributed by atoms with Gasteiger partial charge in [-0.05, 0) is 36.0 Å². The van der Waals surface area contributed by atoms with Gasteiger partial charge in [0, 0.05) is 13.0 Å². The lowest BCUT2D eigenvalue weighted by Crippen LogP contribution is -2.68. The molecule has 6 heteroatoms. The van der Waals surface area contributed by atoms with Gasteiger partial charge in [0.05, 0.1) is 18.2 Å². The molecule has 1 spiro atoms. The number of benzene rings is 2. The topological polar surface area (TPSA) is 78.9 Å². The summed E-state index contributed by atoms with van der Waals surface area (Å²) in [4.78, 5) is 25.4. The van der Waals surface area contributed by atoms with Crippen LogP contribution in [-0.2, 0) is 11.2 Å². The van der Waals surface area contributed by atoms with Crippen molar-refractivity contribution in [1.29, 1.82) is 0 Å². The smallest absolute Gasteiger partial charge is 0.407 e. The van der Waals surface area contributed by atoms with Gasteiger partial charge in [0.2, 0.25) is 0 Å². The van der Waals surface area contributed by atoms with E-state index in [1.807, 2.05) is 30.3 Å². The molecule has 28 heavy (non-hydrogen) atoms. The van der Waals surface area contributed by atoms with E-state index in [1.54, 1.807) is 0 Å². The van der Waals surface area contributed by atoms with Gasteiger partial charge >= 0.3 is 12.2 Å². The van der Waals surface area contributed by atoms with Gasteiger partial charge in [-0.1, -0.05) is 54.6 Å². The van der Waals surface area contributed by atoms with Gasteiger partial charge in [-0.3, -0.25) is 0 Å². The zero-order valence-electron chi connectivity index (χ0n) is 15.6. The van der Waals surface area contributed by atoms with E-state index in [1.165, 1.54) is 4.90 Å². The minimum absolute atomic E-state index is 0.319. The van der Waals surface area contributed by atoms with Crippen LogP contribution in [0.4, 0.5) is 9.59 Å². The molecule has 0 aromatic heterocycles. The Balaban J connectivity index is 1.66. The quantitative estimate of drug-likeness (QED) is 0.846. The van der Waals surface area contributed by atoms with Crippen LogP contribution in [0.15, 0.2) is 54.6 Å². The Morgan fingerprint density at radius 1 is 1.14 bits per heavy atom. The summed E-state index contributed by atoms with van der Waals surface area (Å²) in [6.07, 6.45) is 1.26. The molecule has 2 aliphatic heterocycles. The SMILES string of the molecule is O=C1N[C@@]2(CCCN(C(=O)O)[C@@H]2Cc2cccc(-c3ccccc3)c2)CCO1. The van der Waals surface area contributed by atoms with Crippen LogP contribution in [0, 0.1) is 0 Å². The number of nitrogens with one attached hydrogen (secondary N) is 1. The summed E-state index contributed by atoms with van der Waals surface area (Å²) in [7, 11) is 0. The van der Waals surface area contributed by atoms with Crippen LogP contribution in [0.3, 0.4) is 0 Å². The number of likely N-dealkylation sites (tertiary alicyclic amines) is 1. The Hall–Kier alpha value is -3.02. The molecule has 0 aliphatic carbocycles. The predicted molar refractivity (Wildman–Crippen MR) is 105 cm³/mol. The van der Waals surface area contributed by atoms with E-state index in [9.17, 15) is 14.7 Å². The van der Waals surface area contributed by atoms with E-state index in [0.717, 1.165) is 29.5 Å². The van der Waals surface area contributed by atoms with Crippen molar-refractivity contribution >= 4 is 12.2 Å². The summed E-state index contributed by atoms with van der Waals surface area (Å²) in [5, 5.41) is 12.7. The molecule has 0 unspecified atom stereocenters. The number of hydrogen-bond donors (Lipinski definition) is 2. The molecule has 2 aliphatic rings. The largest absolute Gasteiger partial charge is 0.465 e. The minimum atomic E-state index is -0.941. The molecule has 2 heterocycles. The van der Waals surface area contributed by atoms with E-state index in [-0.39, 0.29) is 6.04 Å². The zero-order valence-corrected chi connectivity index (χ0v) is 15.6. The Kier molecular flexibility index (Phi) is 4.94. The Bertz CT molecular complexity index is 866. The number of piperidine rings is 1. The molecule has 2 saturated heterocycles. The van der Waals surface area contributed by atoms with Gasteiger partial charge in [-0.15, -0.1) is 0 Å². The van der Waals surface area contributed by atoms with Crippen LogP contribution in [0.25, 0.3) is 11.1 Å². The average Bonchev–Trinajstić information content (AvgIpc) is 2.70. The minimum Gasteiger partial charge on any atom is -0.465 e. The zero-order chi connectivity index (χ0) is 19.6. The van der Waals surface area contributed by atoms with Crippen LogP contribution in [0.5, 0.6) is 0 Å². The van der Waals surface area contributed by atoms with Crippen molar-refractivity contribution in [3.63, 3.8) is 0 Å². The number of carbonyl (C=O) groups is 2. The van der Waals surface area contributed by atoms with Gasteiger partial charge in [0.25, 0.3) is 0 Å². The van der Waals surface area contributed by atoms with Crippen molar-refractivity contribution in [3.05, 3.63) is 60.2 Å². The molecule has 2 amide bonds. The third-order valence-corrected chi connectivity index (χ3v) is 5.88. The predicted octanol–water partition coefficient (Wildman–Crippen LogP) is 3.91. The fraction of sp³-hybridized carbons (Fsp3) is 0.364. The van der Waals surface area contributed by atoms with Crippen LogP contribution in [0.1, 0.15) is 24.8 Å². The molecule has 0 radical (unpaired) electrons. The molecule has 2 aromatic rings. The van der Waals surface area contributed by atoms with E-state index >= 15 is 0 Å². The molecule has 2 N–H and O–H groups in total. The van der Waals surface area contributed by atoms with Crippen molar-refractivity contribution in [2.45, 2.75) is 37.3 Å². The second-order valence-corrected chi connectivity index (χ2v) is 7.53. The van der Waals surface area contributed by atoms with Gasteiger partial charge < -0.3 is 20.1 Å². The number of cyclic esters (lactones) is 1. The highest BCUT2D eigenvalue weighted by Crippen LogP contribution is 2.35. The monoisotopic (exact) mass is 380 g/mol. The average molecular weight is 380 g/mol. The molecule has 146 valence electrons. The highest BCUT2D eigenvalue weighted by Gasteiger charge is 2.49. The molecule has 4 rings (SSSR count). The second-order valence-electron chi connectivity index (χ2n) is 7.53. The first-order valence-corrected chi connectivity index (χ1v) is 9.66. The molecular formula is C22H24N2O4. The normalized spacial score (nSPS) is 24.5. The van der Waals surface area contributed by atoms with Crippen LogP contribution in [0.2, 0.25) is 0 Å². The summed E-state index contributed by atoms with van der Waals surface area (Å²) >= 11 is 0. The number of carbonyl (C=O) groups excluding carboxylic acids is 1. The van der Waals surface area contributed by atoms with Crippen molar-refractivity contribution in [3.8, 4) is 11.1 Å². The summed E-state index contributed by atoms with van der Waals surface area (Å²) in [5.74, 6) is 0. The van der Waals surface area contributed by atoms with Crippen LogP contribution < -0.4 is 5.32 Å². The molecular weight excluding hydrogens is 356 g/mol.